The van der Waals surface area contributed by atoms with Gasteiger partial charge in [-0.25, -0.2) is 0 Å². The van der Waals surface area contributed by atoms with Gasteiger partial charge in [0.2, 0.25) is 5.91 Å². The number of benzene rings is 1. The Morgan fingerprint density at radius 1 is 1.22 bits per heavy atom. The van der Waals surface area contributed by atoms with Crippen molar-refractivity contribution in [3.05, 3.63) is 29.8 Å². The summed E-state index contributed by atoms with van der Waals surface area (Å²) < 4.78 is 11.2. The Bertz CT molecular complexity index is 718. The highest BCUT2D eigenvalue weighted by atomic mass is 16.5. The van der Waals surface area contributed by atoms with Gasteiger partial charge in [0.25, 0.3) is 0 Å². The molecule has 1 N–H and O–H groups in total. The normalized spacial score (nSPS) is 28.0. The first-order chi connectivity index (χ1) is 13.1. The van der Waals surface area contributed by atoms with Gasteiger partial charge >= 0.3 is 5.97 Å². The zero-order valence-corrected chi connectivity index (χ0v) is 15.4. The van der Waals surface area contributed by atoms with Crippen molar-refractivity contribution in [2.45, 2.75) is 12.8 Å². The number of ether oxygens (including phenoxy) is 2. The van der Waals surface area contributed by atoms with Crippen LogP contribution in [-0.4, -0.2) is 79.3 Å². The third-order valence-electron chi connectivity index (χ3n) is 6.14. The molecule has 3 aliphatic rings. The predicted molar refractivity (Wildman–Crippen MR) is 97.7 cm³/mol. The summed E-state index contributed by atoms with van der Waals surface area (Å²) in [6.45, 7) is 4.84. The van der Waals surface area contributed by atoms with Crippen LogP contribution < -0.4 is 4.74 Å². The maximum atomic E-state index is 12.8. The van der Waals surface area contributed by atoms with Crippen LogP contribution in [0.4, 0.5) is 0 Å². The summed E-state index contributed by atoms with van der Waals surface area (Å²) in [6, 6.07) is 7.61. The lowest BCUT2D eigenvalue weighted by Crippen LogP contribution is -2.43. The van der Waals surface area contributed by atoms with Gasteiger partial charge in [-0.05, 0) is 18.1 Å². The van der Waals surface area contributed by atoms with Gasteiger partial charge in [0.1, 0.15) is 5.75 Å². The lowest BCUT2D eigenvalue weighted by molar-refractivity contribution is -0.151. The molecule has 146 valence electrons. The van der Waals surface area contributed by atoms with Crippen LogP contribution in [0.3, 0.4) is 0 Å². The number of carboxylic acids is 1. The molecule has 1 amide bonds. The third-order valence-corrected chi connectivity index (χ3v) is 6.14. The summed E-state index contributed by atoms with van der Waals surface area (Å²) in [6.07, 6.45) is 0.816. The molecule has 0 aliphatic carbocycles. The van der Waals surface area contributed by atoms with Crippen LogP contribution in [-0.2, 0) is 20.7 Å². The summed E-state index contributed by atoms with van der Waals surface area (Å²) in [4.78, 5) is 29.0. The second kappa shape index (κ2) is 7.48. The van der Waals surface area contributed by atoms with E-state index >= 15 is 0 Å². The standard InChI is InChI=1S/C20H26N2O5/c23-18(5-6-21-7-9-26-10-8-21)22-12-16-13-27-17-4-2-1-3-15(17)11-20(16,14-22)19(24)25/h1-4,16H,5-14H2,(H,24,25)/t16-,20+/m0/s1. The molecule has 3 aliphatic heterocycles. The highest BCUT2D eigenvalue weighted by Gasteiger charge is 2.55. The van der Waals surface area contributed by atoms with E-state index in [0.717, 1.165) is 24.4 Å². The Hall–Kier alpha value is -2.12. The molecule has 27 heavy (non-hydrogen) atoms. The molecule has 3 heterocycles. The molecule has 2 fully saturated rings. The lowest BCUT2D eigenvalue weighted by atomic mass is 9.74. The molecule has 0 unspecified atom stereocenters. The molecule has 1 aromatic rings. The van der Waals surface area contributed by atoms with Gasteiger partial charge < -0.3 is 19.5 Å². The fourth-order valence-electron chi connectivity index (χ4n) is 4.45. The van der Waals surface area contributed by atoms with Gasteiger partial charge in [-0.15, -0.1) is 0 Å². The van der Waals surface area contributed by atoms with Crippen molar-refractivity contribution in [2.75, 3.05) is 52.5 Å². The third kappa shape index (κ3) is 3.53. The first kappa shape index (κ1) is 18.3. The van der Waals surface area contributed by atoms with Crippen LogP contribution in [0.2, 0.25) is 0 Å². The summed E-state index contributed by atoms with van der Waals surface area (Å²) in [5.41, 5.74) is -0.0636. The van der Waals surface area contributed by atoms with Crippen molar-refractivity contribution in [1.29, 1.82) is 0 Å². The number of amides is 1. The van der Waals surface area contributed by atoms with E-state index in [2.05, 4.69) is 4.90 Å². The summed E-state index contributed by atoms with van der Waals surface area (Å²) >= 11 is 0. The Kier molecular flexibility index (Phi) is 5.06. The summed E-state index contributed by atoms with van der Waals surface area (Å²) in [7, 11) is 0. The summed E-state index contributed by atoms with van der Waals surface area (Å²) in [5.74, 6) is -0.243. The number of carbonyl (C=O) groups is 2. The van der Waals surface area contributed by atoms with Crippen molar-refractivity contribution < 1.29 is 24.2 Å². The molecule has 0 radical (unpaired) electrons. The topological polar surface area (TPSA) is 79.3 Å². The molecule has 0 aromatic heterocycles. The van der Waals surface area contributed by atoms with Crippen LogP contribution >= 0.6 is 0 Å². The van der Waals surface area contributed by atoms with E-state index in [0.29, 0.717) is 45.8 Å². The number of likely N-dealkylation sites (tertiary alicyclic amines) is 1. The van der Waals surface area contributed by atoms with Gasteiger partial charge in [0.15, 0.2) is 0 Å². The van der Waals surface area contributed by atoms with Crippen LogP contribution in [0.15, 0.2) is 24.3 Å². The molecular formula is C20H26N2O5. The molecule has 2 atom stereocenters. The number of hydrogen-bond donors (Lipinski definition) is 1. The van der Waals surface area contributed by atoms with Crippen molar-refractivity contribution in [1.82, 2.24) is 9.80 Å². The SMILES string of the molecule is O=C(CCN1CCOCC1)N1C[C@H]2COc3ccccc3C[C@@]2(C(=O)O)C1. The minimum Gasteiger partial charge on any atom is -0.493 e. The Balaban J connectivity index is 1.46. The van der Waals surface area contributed by atoms with E-state index in [1.54, 1.807) is 4.90 Å². The number of para-hydroxylation sites is 1. The maximum Gasteiger partial charge on any atom is 0.312 e. The van der Waals surface area contributed by atoms with Gasteiger partial charge in [-0.1, -0.05) is 18.2 Å². The number of nitrogens with zero attached hydrogens (tertiary/aromatic N) is 2. The van der Waals surface area contributed by atoms with E-state index < -0.39 is 11.4 Å². The molecule has 0 saturated carbocycles. The number of morpholine rings is 1. The zero-order valence-electron chi connectivity index (χ0n) is 15.4. The maximum absolute atomic E-state index is 12.8. The molecule has 4 rings (SSSR count). The molecule has 0 bridgehead atoms. The van der Waals surface area contributed by atoms with Crippen molar-refractivity contribution in [3.63, 3.8) is 0 Å². The van der Waals surface area contributed by atoms with Crippen LogP contribution in [0.25, 0.3) is 0 Å². The smallest absolute Gasteiger partial charge is 0.312 e. The van der Waals surface area contributed by atoms with Gasteiger partial charge in [0.05, 0.1) is 25.2 Å². The quantitative estimate of drug-likeness (QED) is 0.843. The van der Waals surface area contributed by atoms with E-state index in [1.165, 1.54) is 0 Å². The van der Waals surface area contributed by atoms with Crippen molar-refractivity contribution in [3.8, 4) is 5.75 Å². The number of fused-ring (bicyclic) bond motifs is 2. The Morgan fingerprint density at radius 3 is 2.78 bits per heavy atom. The van der Waals surface area contributed by atoms with Crippen LogP contribution in [0.1, 0.15) is 12.0 Å². The molecule has 2 saturated heterocycles. The highest BCUT2D eigenvalue weighted by Crippen LogP contribution is 2.44. The molecule has 7 heteroatoms. The van der Waals surface area contributed by atoms with E-state index in [1.807, 2.05) is 24.3 Å². The highest BCUT2D eigenvalue weighted by molar-refractivity contribution is 5.81. The second-order valence-electron chi connectivity index (χ2n) is 7.73. The molecule has 0 spiro atoms. The monoisotopic (exact) mass is 374 g/mol. The van der Waals surface area contributed by atoms with E-state index in [-0.39, 0.29) is 18.4 Å². The Morgan fingerprint density at radius 2 is 2.00 bits per heavy atom. The number of rotatable bonds is 4. The zero-order chi connectivity index (χ0) is 18.9. The molecule has 1 aromatic carbocycles. The van der Waals surface area contributed by atoms with Crippen molar-refractivity contribution in [2.24, 2.45) is 11.3 Å². The first-order valence-electron chi connectivity index (χ1n) is 9.60. The Labute approximate surface area is 158 Å². The fourth-order valence-corrected chi connectivity index (χ4v) is 4.45. The van der Waals surface area contributed by atoms with Gasteiger partial charge in [0, 0.05) is 45.1 Å². The van der Waals surface area contributed by atoms with E-state index in [9.17, 15) is 14.7 Å². The number of hydrogen-bond acceptors (Lipinski definition) is 5. The summed E-state index contributed by atoms with van der Waals surface area (Å²) in [5, 5.41) is 10.1. The average Bonchev–Trinajstić information content (AvgIpc) is 2.98. The van der Waals surface area contributed by atoms with Crippen molar-refractivity contribution >= 4 is 11.9 Å². The number of aliphatic carboxylic acids is 1. The minimum absolute atomic E-state index is 0.0310. The molecular weight excluding hydrogens is 348 g/mol. The van der Waals surface area contributed by atoms with Gasteiger partial charge in [-0.3, -0.25) is 14.5 Å². The first-order valence-corrected chi connectivity index (χ1v) is 9.60. The average molecular weight is 374 g/mol. The number of carbonyl (C=O) groups excluding carboxylic acids is 1. The second-order valence-corrected chi connectivity index (χ2v) is 7.73. The van der Waals surface area contributed by atoms with Crippen LogP contribution in [0.5, 0.6) is 5.75 Å². The van der Waals surface area contributed by atoms with Gasteiger partial charge in [-0.2, -0.15) is 0 Å². The lowest BCUT2D eigenvalue weighted by Gasteiger charge is -2.28. The molecule has 7 nitrogen and oxygen atoms in total. The fraction of sp³-hybridized carbons (Fsp3) is 0.600. The predicted octanol–water partition coefficient (Wildman–Crippen LogP) is 0.873. The van der Waals surface area contributed by atoms with E-state index in [4.69, 9.17) is 9.47 Å². The van der Waals surface area contributed by atoms with Crippen LogP contribution in [0, 0.1) is 11.3 Å². The number of carboxylic acid groups (broad SMARTS) is 1. The minimum atomic E-state index is -0.971. The largest absolute Gasteiger partial charge is 0.493 e.